The van der Waals surface area contributed by atoms with E-state index in [0.717, 1.165) is 48.2 Å². The first-order chi connectivity index (χ1) is 10.8. The molecular formula is C16H17N5O. The summed E-state index contributed by atoms with van der Waals surface area (Å²) < 4.78 is 0. The minimum Gasteiger partial charge on any atom is -0.357 e. The van der Waals surface area contributed by atoms with Gasteiger partial charge in [-0.2, -0.15) is 0 Å². The Bertz CT molecular complexity index is 813. The third-order valence-electron chi connectivity index (χ3n) is 4.18. The minimum atomic E-state index is 0.0744. The lowest BCUT2D eigenvalue weighted by Gasteiger charge is -2.26. The molecule has 1 aliphatic heterocycles. The van der Waals surface area contributed by atoms with E-state index in [9.17, 15) is 4.79 Å². The van der Waals surface area contributed by atoms with Crippen LogP contribution in [0, 0.1) is 0 Å². The number of amides is 1. The number of nitrogens with zero attached hydrogens (tertiary/aromatic N) is 3. The van der Waals surface area contributed by atoms with E-state index in [0.29, 0.717) is 5.69 Å². The van der Waals surface area contributed by atoms with Gasteiger partial charge in [-0.25, -0.2) is 9.97 Å². The van der Waals surface area contributed by atoms with E-state index < -0.39 is 0 Å². The van der Waals surface area contributed by atoms with Crippen molar-refractivity contribution in [3.63, 3.8) is 0 Å². The third kappa shape index (κ3) is 2.16. The van der Waals surface area contributed by atoms with Gasteiger partial charge in [-0.05, 0) is 31.4 Å². The van der Waals surface area contributed by atoms with E-state index in [1.807, 2.05) is 29.4 Å². The maximum atomic E-state index is 12.5. The van der Waals surface area contributed by atoms with Crippen LogP contribution in [-0.2, 0) is 0 Å². The van der Waals surface area contributed by atoms with Crippen molar-refractivity contribution in [3.05, 3.63) is 36.5 Å². The van der Waals surface area contributed by atoms with Crippen LogP contribution in [-0.4, -0.2) is 43.8 Å². The number of carbonyl (C=O) groups is 1. The third-order valence-corrected chi connectivity index (χ3v) is 4.18. The molecule has 0 aromatic carbocycles. The lowest BCUT2D eigenvalue weighted by atomic mass is 10.1. The molecule has 3 aromatic rings. The number of rotatable bonds is 2. The van der Waals surface area contributed by atoms with E-state index in [4.69, 9.17) is 0 Å². The van der Waals surface area contributed by atoms with Crippen molar-refractivity contribution in [1.29, 1.82) is 0 Å². The number of H-pyrrole nitrogens is 2. The Hall–Kier alpha value is -2.63. The highest BCUT2D eigenvalue weighted by Gasteiger charge is 2.20. The van der Waals surface area contributed by atoms with Crippen molar-refractivity contribution in [2.24, 2.45) is 0 Å². The summed E-state index contributed by atoms with van der Waals surface area (Å²) >= 11 is 0. The van der Waals surface area contributed by atoms with Gasteiger partial charge in [0, 0.05) is 36.4 Å². The fourth-order valence-electron chi connectivity index (χ4n) is 3.02. The lowest BCUT2D eigenvalue weighted by molar-refractivity contribution is 0.0719. The zero-order valence-electron chi connectivity index (χ0n) is 12.2. The van der Waals surface area contributed by atoms with Gasteiger partial charge in [0.05, 0.1) is 5.69 Å². The van der Waals surface area contributed by atoms with Gasteiger partial charge in [0.15, 0.2) is 0 Å². The highest BCUT2D eigenvalue weighted by molar-refractivity contribution is 5.96. The maximum Gasteiger partial charge on any atom is 0.270 e. The molecule has 4 heterocycles. The molecule has 3 aromatic heterocycles. The summed E-state index contributed by atoms with van der Waals surface area (Å²) in [5.41, 5.74) is 3.17. The topological polar surface area (TPSA) is 77.7 Å². The number of aromatic nitrogens is 4. The van der Waals surface area contributed by atoms with E-state index >= 15 is 0 Å². The molecule has 0 bridgehead atoms. The summed E-state index contributed by atoms with van der Waals surface area (Å²) in [6, 6.07) is 3.83. The van der Waals surface area contributed by atoms with Gasteiger partial charge in [0.25, 0.3) is 5.91 Å². The first-order valence-electron chi connectivity index (χ1n) is 7.59. The fourth-order valence-corrected chi connectivity index (χ4v) is 3.02. The Labute approximate surface area is 127 Å². The molecule has 6 nitrogen and oxygen atoms in total. The second-order valence-corrected chi connectivity index (χ2v) is 5.62. The Morgan fingerprint density at radius 3 is 2.86 bits per heavy atom. The molecule has 1 aliphatic rings. The van der Waals surface area contributed by atoms with Crippen LogP contribution in [0.25, 0.3) is 22.3 Å². The number of fused-ring (bicyclic) bond motifs is 1. The molecule has 22 heavy (non-hydrogen) atoms. The molecule has 1 saturated heterocycles. The van der Waals surface area contributed by atoms with Crippen molar-refractivity contribution in [3.8, 4) is 11.3 Å². The average molecular weight is 295 g/mol. The number of nitrogens with one attached hydrogen (secondary N) is 2. The number of piperidine rings is 1. The molecule has 0 unspecified atom stereocenters. The molecule has 1 amide bonds. The van der Waals surface area contributed by atoms with Gasteiger partial charge in [-0.3, -0.25) is 4.79 Å². The van der Waals surface area contributed by atoms with Crippen LogP contribution in [0.4, 0.5) is 0 Å². The molecule has 6 heteroatoms. The van der Waals surface area contributed by atoms with E-state index in [-0.39, 0.29) is 5.91 Å². The van der Waals surface area contributed by atoms with Gasteiger partial charge >= 0.3 is 0 Å². The largest absolute Gasteiger partial charge is 0.357 e. The summed E-state index contributed by atoms with van der Waals surface area (Å²) in [5.74, 6) is 0.0744. The molecular weight excluding hydrogens is 278 g/mol. The number of likely N-dealkylation sites (tertiary alicyclic amines) is 1. The molecule has 0 aliphatic carbocycles. The standard InChI is InChI=1S/C16H17N5O/c22-16(21-6-2-1-3-7-21)13-8-11(9-18-13)14-12-4-5-17-15(12)20-10-19-14/h4-5,8-10,18H,1-3,6-7H2,(H,17,19,20). The smallest absolute Gasteiger partial charge is 0.270 e. The van der Waals surface area contributed by atoms with Crippen molar-refractivity contribution in [1.82, 2.24) is 24.8 Å². The summed E-state index contributed by atoms with van der Waals surface area (Å²) in [7, 11) is 0. The van der Waals surface area contributed by atoms with Crippen LogP contribution >= 0.6 is 0 Å². The number of carbonyl (C=O) groups excluding carboxylic acids is 1. The Morgan fingerprint density at radius 1 is 1.14 bits per heavy atom. The van der Waals surface area contributed by atoms with Crippen LogP contribution in [0.2, 0.25) is 0 Å². The van der Waals surface area contributed by atoms with Gasteiger partial charge in [0.2, 0.25) is 0 Å². The highest BCUT2D eigenvalue weighted by atomic mass is 16.2. The molecule has 1 fully saturated rings. The van der Waals surface area contributed by atoms with Gasteiger partial charge < -0.3 is 14.9 Å². The zero-order valence-corrected chi connectivity index (χ0v) is 12.2. The number of aromatic amines is 2. The van der Waals surface area contributed by atoms with Crippen LogP contribution in [0.15, 0.2) is 30.9 Å². The predicted molar refractivity (Wildman–Crippen MR) is 83.4 cm³/mol. The monoisotopic (exact) mass is 295 g/mol. The quantitative estimate of drug-likeness (QED) is 0.762. The molecule has 0 saturated carbocycles. The Balaban J connectivity index is 1.66. The molecule has 0 spiro atoms. The SMILES string of the molecule is O=C(c1cc(-c2ncnc3[nH]ccc23)c[nH]1)N1CCCCC1. The second kappa shape index (κ2) is 5.29. The Morgan fingerprint density at radius 2 is 2.00 bits per heavy atom. The van der Waals surface area contributed by atoms with Crippen LogP contribution in [0.5, 0.6) is 0 Å². The second-order valence-electron chi connectivity index (χ2n) is 5.62. The average Bonchev–Trinajstić information content (AvgIpc) is 3.24. The lowest BCUT2D eigenvalue weighted by Crippen LogP contribution is -2.35. The summed E-state index contributed by atoms with van der Waals surface area (Å²) in [6.45, 7) is 1.70. The number of hydrogen-bond acceptors (Lipinski definition) is 3. The van der Waals surface area contributed by atoms with Crippen LogP contribution in [0.3, 0.4) is 0 Å². The first-order valence-corrected chi connectivity index (χ1v) is 7.59. The molecule has 0 radical (unpaired) electrons. The molecule has 4 rings (SSSR count). The zero-order chi connectivity index (χ0) is 14.9. The normalized spacial score (nSPS) is 15.4. The van der Waals surface area contributed by atoms with E-state index in [1.54, 1.807) is 0 Å². The number of hydrogen-bond donors (Lipinski definition) is 2. The van der Waals surface area contributed by atoms with E-state index in [2.05, 4.69) is 19.9 Å². The van der Waals surface area contributed by atoms with Gasteiger partial charge in [-0.15, -0.1) is 0 Å². The van der Waals surface area contributed by atoms with Gasteiger partial charge in [0.1, 0.15) is 17.7 Å². The summed E-state index contributed by atoms with van der Waals surface area (Å²) in [4.78, 5) is 29.2. The summed E-state index contributed by atoms with van der Waals surface area (Å²) in [6.07, 6.45) is 8.62. The predicted octanol–water partition coefficient (Wildman–Crippen LogP) is 2.58. The van der Waals surface area contributed by atoms with Crippen LogP contribution < -0.4 is 0 Å². The fraction of sp³-hybridized carbons (Fsp3) is 0.312. The highest BCUT2D eigenvalue weighted by Crippen LogP contribution is 2.25. The van der Waals surface area contributed by atoms with Crippen LogP contribution in [0.1, 0.15) is 29.8 Å². The molecule has 0 atom stereocenters. The maximum absolute atomic E-state index is 12.5. The van der Waals surface area contributed by atoms with Gasteiger partial charge in [-0.1, -0.05) is 0 Å². The minimum absolute atomic E-state index is 0.0744. The van der Waals surface area contributed by atoms with Crippen molar-refractivity contribution in [2.75, 3.05) is 13.1 Å². The molecule has 2 N–H and O–H groups in total. The summed E-state index contributed by atoms with van der Waals surface area (Å²) in [5, 5.41) is 0.957. The molecule has 112 valence electrons. The van der Waals surface area contributed by atoms with Crippen molar-refractivity contribution < 1.29 is 4.79 Å². The Kier molecular flexibility index (Phi) is 3.14. The van der Waals surface area contributed by atoms with E-state index in [1.165, 1.54) is 12.7 Å². The first kappa shape index (κ1) is 13.1. The van der Waals surface area contributed by atoms with Crippen molar-refractivity contribution >= 4 is 16.9 Å². The van der Waals surface area contributed by atoms with Crippen molar-refractivity contribution in [2.45, 2.75) is 19.3 Å².